The second kappa shape index (κ2) is 6.59. The van der Waals surface area contributed by atoms with E-state index in [4.69, 9.17) is 0 Å². The van der Waals surface area contributed by atoms with Crippen molar-refractivity contribution in [3.05, 3.63) is 41.4 Å². The summed E-state index contributed by atoms with van der Waals surface area (Å²) in [5.74, 6) is 2.10. The summed E-state index contributed by atoms with van der Waals surface area (Å²) in [6.45, 7) is 0. The topological polar surface area (TPSA) is 96.8 Å². The van der Waals surface area contributed by atoms with Crippen molar-refractivity contribution in [1.29, 1.82) is 0 Å². The van der Waals surface area contributed by atoms with E-state index in [1.807, 2.05) is 23.9 Å². The Labute approximate surface area is 166 Å². The highest BCUT2D eigenvalue weighted by atomic mass is 32.1. The van der Waals surface area contributed by atoms with E-state index in [1.165, 1.54) is 24.1 Å². The summed E-state index contributed by atoms with van der Waals surface area (Å²) in [7, 11) is 1.91. The number of aryl methyl sites for hydroxylation is 1. The SMILES string of the molecule is Cn1cnc(Nc2cc(Nc3cc4c(s3)C(=O)NC43CCCCC3)ncn2)c1. The molecule has 3 aromatic heterocycles. The van der Waals surface area contributed by atoms with Gasteiger partial charge in [0.2, 0.25) is 0 Å². The molecule has 5 rings (SSSR count). The highest BCUT2D eigenvalue weighted by molar-refractivity contribution is 7.18. The Bertz CT molecular complexity index is 1030. The maximum absolute atomic E-state index is 12.5. The Hall–Kier alpha value is -2.94. The molecular formula is C19H21N7OS. The molecule has 2 aliphatic rings. The third kappa shape index (κ3) is 3.01. The first-order valence-corrected chi connectivity index (χ1v) is 10.2. The van der Waals surface area contributed by atoms with Crippen molar-refractivity contribution in [2.75, 3.05) is 10.6 Å². The minimum absolute atomic E-state index is 0.0511. The van der Waals surface area contributed by atoms with Crippen LogP contribution in [0.25, 0.3) is 0 Å². The number of aromatic nitrogens is 4. The van der Waals surface area contributed by atoms with Gasteiger partial charge < -0.3 is 20.5 Å². The molecule has 1 fully saturated rings. The fourth-order valence-electron chi connectivity index (χ4n) is 4.10. The second-order valence-electron chi connectivity index (χ2n) is 7.41. The Balaban J connectivity index is 1.37. The number of fused-ring (bicyclic) bond motifs is 2. The molecule has 1 aliphatic carbocycles. The smallest absolute Gasteiger partial charge is 0.262 e. The molecule has 3 aromatic rings. The van der Waals surface area contributed by atoms with E-state index >= 15 is 0 Å². The molecule has 0 radical (unpaired) electrons. The van der Waals surface area contributed by atoms with Gasteiger partial charge in [-0.05, 0) is 18.9 Å². The number of imidazole rings is 1. The van der Waals surface area contributed by atoms with Crippen LogP contribution in [0.3, 0.4) is 0 Å². The normalized spacial score (nSPS) is 17.4. The van der Waals surface area contributed by atoms with E-state index in [0.717, 1.165) is 46.9 Å². The van der Waals surface area contributed by atoms with Crippen LogP contribution in [0.15, 0.2) is 31.0 Å². The zero-order chi connectivity index (χ0) is 19.1. The van der Waals surface area contributed by atoms with Gasteiger partial charge in [-0.15, -0.1) is 11.3 Å². The van der Waals surface area contributed by atoms with Crippen LogP contribution in [-0.4, -0.2) is 25.4 Å². The zero-order valence-electron chi connectivity index (χ0n) is 15.5. The van der Waals surface area contributed by atoms with Crippen LogP contribution in [0.4, 0.5) is 22.5 Å². The van der Waals surface area contributed by atoms with Gasteiger partial charge in [0.25, 0.3) is 5.91 Å². The highest BCUT2D eigenvalue weighted by Gasteiger charge is 2.44. The minimum Gasteiger partial charge on any atom is -0.342 e. The number of nitrogens with zero attached hydrogens (tertiary/aromatic N) is 4. The predicted octanol–water partition coefficient (Wildman–Crippen LogP) is 3.66. The molecule has 0 saturated heterocycles. The van der Waals surface area contributed by atoms with Gasteiger partial charge in [-0.2, -0.15) is 0 Å². The van der Waals surface area contributed by atoms with E-state index in [-0.39, 0.29) is 11.4 Å². The Morgan fingerprint density at radius 3 is 2.61 bits per heavy atom. The Kier molecular flexibility index (Phi) is 4.04. The van der Waals surface area contributed by atoms with Crippen molar-refractivity contribution < 1.29 is 4.79 Å². The van der Waals surface area contributed by atoms with Gasteiger partial charge in [0.1, 0.15) is 23.8 Å². The van der Waals surface area contributed by atoms with Gasteiger partial charge in [0.15, 0.2) is 0 Å². The lowest BCUT2D eigenvalue weighted by Gasteiger charge is -2.33. The predicted molar refractivity (Wildman–Crippen MR) is 108 cm³/mol. The fraction of sp³-hybridized carbons (Fsp3) is 0.368. The number of carbonyl (C=O) groups excluding carboxylic acids is 1. The van der Waals surface area contributed by atoms with Gasteiger partial charge in [0, 0.05) is 24.9 Å². The third-order valence-electron chi connectivity index (χ3n) is 5.39. The summed E-state index contributed by atoms with van der Waals surface area (Å²) in [5.41, 5.74) is 0.976. The average Bonchev–Trinajstić information content (AvgIpc) is 3.34. The molecule has 8 nitrogen and oxygen atoms in total. The lowest BCUT2D eigenvalue weighted by atomic mass is 9.78. The molecule has 9 heteroatoms. The van der Waals surface area contributed by atoms with E-state index in [2.05, 4.69) is 37.0 Å². The number of nitrogens with one attached hydrogen (secondary N) is 3. The van der Waals surface area contributed by atoms with Crippen LogP contribution in [0.1, 0.15) is 47.3 Å². The largest absolute Gasteiger partial charge is 0.342 e. The van der Waals surface area contributed by atoms with Crippen LogP contribution in [0.2, 0.25) is 0 Å². The molecule has 1 saturated carbocycles. The molecule has 1 spiro atoms. The van der Waals surface area contributed by atoms with Gasteiger partial charge in [-0.3, -0.25) is 4.79 Å². The monoisotopic (exact) mass is 395 g/mol. The number of thiophene rings is 1. The van der Waals surface area contributed by atoms with Gasteiger partial charge in [0.05, 0.1) is 21.7 Å². The summed E-state index contributed by atoms with van der Waals surface area (Å²) in [5, 5.41) is 10.7. The van der Waals surface area contributed by atoms with E-state index in [9.17, 15) is 4.79 Å². The summed E-state index contributed by atoms with van der Waals surface area (Å²) >= 11 is 1.49. The molecule has 1 amide bonds. The summed E-state index contributed by atoms with van der Waals surface area (Å²) in [6, 6.07) is 3.94. The second-order valence-corrected chi connectivity index (χ2v) is 8.47. The van der Waals surface area contributed by atoms with Crippen molar-refractivity contribution in [2.45, 2.75) is 37.6 Å². The van der Waals surface area contributed by atoms with Crippen molar-refractivity contribution in [3.8, 4) is 0 Å². The maximum Gasteiger partial charge on any atom is 0.262 e. The number of rotatable bonds is 4. The first kappa shape index (κ1) is 17.2. The van der Waals surface area contributed by atoms with Crippen molar-refractivity contribution in [1.82, 2.24) is 24.8 Å². The Morgan fingerprint density at radius 2 is 1.86 bits per heavy atom. The van der Waals surface area contributed by atoms with Gasteiger partial charge in [-0.1, -0.05) is 19.3 Å². The highest BCUT2D eigenvalue weighted by Crippen LogP contribution is 2.47. The van der Waals surface area contributed by atoms with Gasteiger partial charge in [-0.25, -0.2) is 15.0 Å². The first-order chi connectivity index (χ1) is 13.6. The lowest BCUT2D eigenvalue weighted by Crippen LogP contribution is -2.40. The number of hydrogen-bond donors (Lipinski definition) is 3. The number of hydrogen-bond acceptors (Lipinski definition) is 7. The molecule has 3 N–H and O–H groups in total. The molecule has 0 atom stereocenters. The maximum atomic E-state index is 12.5. The molecule has 0 bridgehead atoms. The zero-order valence-corrected chi connectivity index (χ0v) is 16.3. The van der Waals surface area contributed by atoms with E-state index in [0.29, 0.717) is 11.6 Å². The molecule has 0 aromatic carbocycles. The molecule has 0 unspecified atom stereocenters. The minimum atomic E-state index is -0.168. The molecule has 1 aliphatic heterocycles. The lowest BCUT2D eigenvalue weighted by molar-refractivity contribution is 0.0912. The fourth-order valence-corrected chi connectivity index (χ4v) is 5.16. The Morgan fingerprint density at radius 1 is 1.07 bits per heavy atom. The van der Waals surface area contributed by atoms with Crippen LogP contribution in [0, 0.1) is 0 Å². The number of carbonyl (C=O) groups is 1. The quantitative estimate of drug-likeness (QED) is 0.624. The van der Waals surface area contributed by atoms with Gasteiger partial charge >= 0.3 is 0 Å². The van der Waals surface area contributed by atoms with Crippen LogP contribution in [0.5, 0.6) is 0 Å². The standard InChI is InChI=1S/C19H21N7OS/c1-26-9-15(22-11-26)23-13-8-14(21-10-20-13)24-16-7-12-17(28-16)18(27)25-19(12)5-3-2-4-6-19/h7-11H,2-6H2,1H3,(H,25,27)(H2,20,21,23,24). The summed E-state index contributed by atoms with van der Waals surface area (Å²) in [6.07, 6.45) is 10.7. The first-order valence-electron chi connectivity index (χ1n) is 9.42. The molecular weight excluding hydrogens is 374 g/mol. The third-order valence-corrected chi connectivity index (χ3v) is 6.44. The molecule has 4 heterocycles. The summed E-state index contributed by atoms with van der Waals surface area (Å²) in [4.78, 5) is 26.1. The van der Waals surface area contributed by atoms with Crippen molar-refractivity contribution in [3.63, 3.8) is 0 Å². The molecule has 144 valence electrons. The average molecular weight is 395 g/mol. The van der Waals surface area contributed by atoms with Crippen molar-refractivity contribution in [2.24, 2.45) is 7.05 Å². The van der Waals surface area contributed by atoms with Crippen LogP contribution < -0.4 is 16.0 Å². The number of anilines is 4. The van der Waals surface area contributed by atoms with E-state index in [1.54, 1.807) is 6.33 Å². The van der Waals surface area contributed by atoms with Crippen LogP contribution >= 0.6 is 11.3 Å². The number of amides is 1. The summed E-state index contributed by atoms with van der Waals surface area (Å²) < 4.78 is 1.86. The van der Waals surface area contributed by atoms with Crippen LogP contribution in [-0.2, 0) is 12.6 Å². The molecule has 28 heavy (non-hydrogen) atoms. The van der Waals surface area contributed by atoms with E-state index < -0.39 is 0 Å². The van der Waals surface area contributed by atoms with Crippen molar-refractivity contribution >= 4 is 39.7 Å².